The van der Waals surface area contributed by atoms with E-state index in [9.17, 15) is 4.79 Å². The highest BCUT2D eigenvalue weighted by atomic mass is 16.5. The summed E-state index contributed by atoms with van der Waals surface area (Å²) in [6.07, 6.45) is 0.820. The molecule has 0 radical (unpaired) electrons. The number of pyridine rings is 1. The summed E-state index contributed by atoms with van der Waals surface area (Å²) >= 11 is 0. The molecule has 2 rings (SSSR count). The lowest BCUT2D eigenvalue weighted by Crippen LogP contribution is -2.06. The molecule has 0 aliphatic rings. The average Bonchev–Trinajstić information content (AvgIpc) is 2.26. The first-order valence-corrected chi connectivity index (χ1v) is 4.95. The van der Waals surface area contributed by atoms with E-state index in [2.05, 4.69) is 4.98 Å². The predicted molar refractivity (Wildman–Crippen MR) is 60.5 cm³/mol. The van der Waals surface area contributed by atoms with Gasteiger partial charge in [0, 0.05) is 11.5 Å². The molecule has 1 aromatic heterocycles. The molecule has 3 heteroatoms. The number of aryl methyl sites for hydroxylation is 1. The minimum atomic E-state index is -0.0624. The number of benzene rings is 1. The molecule has 0 aliphatic carbocycles. The number of hydrogen-bond donors (Lipinski definition) is 1. The largest absolute Gasteiger partial charge is 0.496 e. The SMILES string of the molecule is CCc1cc(=O)[nH]c2cccc(OC)c12. The minimum Gasteiger partial charge on any atom is -0.496 e. The van der Waals surface area contributed by atoms with Gasteiger partial charge in [-0.3, -0.25) is 4.79 Å². The number of rotatable bonds is 2. The fourth-order valence-electron chi connectivity index (χ4n) is 1.81. The maximum atomic E-state index is 11.4. The lowest BCUT2D eigenvalue weighted by Gasteiger charge is -2.08. The van der Waals surface area contributed by atoms with Crippen molar-refractivity contribution in [1.82, 2.24) is 4.98 Å². The summed E-state index contributed by atoms with van der Waals surface area (Å²) in [5, 5.41) is 1.00. The average molecular weight is 203 g/mol. The summed E-state index contributed by atoms with van der Waals surface area (Å²) in [5.74, 6) is 0.806. The Labute approximate surface area is 87.7 Å². The zero-order valence-electron chi connectivity index (χ0n) is 8.83. The summed E-state index contributed by atoms with van der Waals surface area (Å²) in [5.41, 5.74) is 1.79. The third-order valence-corrected chi connectivity index (χ3v) is 2.51. The van der Waals surface area contributed by atoms with Crippen LogP contribution in [0.15, 0.2) is 29.1 Å². The summed E-state index contributed by atoms with van der Waals surface area (Å²) in [6, 6.07) is 7.29. The number of H-pyrrole nitrogens is 1. The van der Waals surface area contributed by atoms with Gasteiger partial charge in [-0.1, -0.05) is 13.0 Å². The Hall–Kier alpha value is -1.77. The van der Waals surface area contributed by atoms with Crippen molar-refractivity contribution >= 4 is 10.9 Å². The first-order chi connectivity index (χ1) is 7.26. The second-order valence-electron chi connectivity index (χ2n) is 3.40. The molecule has 0 amide bonds. The monoisotopic (exact) mass is 203 g/mol. The van der Waals surface area contributed by atoms with Gasteiger partial charge in [-0.15, -0.1) is 0 Å². The molecule has 0 aliphatic heterocycles. The van der Waals surface area contributed by atoms with E-state index in [0.717, 1.165) is 28.6 Å². The molecule has 0 saturated carbocycles. The minimum absolute atomic E-state index is 0.0624. The molecule has 78 valence electrons. The van der Waals surface area contributed by atoms with Crippen molar-refractivity contribution in [3.63, 3.8) is 0 Å². The van der Waals surface area contributed by atoms with Crippen LogP contribution in [-0.4, -0.2) is 12.1 Å². The van der Waals surface area contributed by atoms with Gasteiger partial charge in [0.25, 0.3) is 0 Å². The van der Waals surface area contributed by atoms with Gasteiger partial charge >= 0.3 is 0 Å². The van der Waals surface area contributed by atoms with Gasteiger partial charge < -0.3 is 9.72 Å². The summed E-state index contributed by atoms with van der Waals surface area (Å²) in [7, 11) is 1.64. The molecule has 1 N–H and O–H groups in total. The van der Waals surface area contributed by atoms with Crippen molar-refractivity contribution in [2.75, 3.05) is 7.11 Å². The zero-order valence-corrected chi connectivity index (χ0v) is 8.83. The van der Waals surface area contributed by atoms with E-state index in [-0.39, 0.29) is 5.56 Å². The number of aromatic nitrogens is 1. The Morgan fingerprint density at radius 1 is 1.40 bits per heavy atom. The van der Waals surface area contributed by atoms with Crippen LogP contribution in [0.4, 0.5) is 0 Å². The van der Waals surface area contributed by atoms with Crippen LogP contribution in [0.5, 0.6) is 5.75 Å². The molecule has 2 aromatic rings. The van der Waals surface area contributed by atoms with Crippen molar-refractivity contribution in [2.45, 2.75) is 13.3 Å². The highest BCUT2D eigenvalue weighted by Crippen LogP contribution is 2.26. The second kappa shape index (κ2) is 3.77. The van der Waals surface area contributed by atoms with Crippen LogP contribution in [-0.2, 0) is 6.42 Å². The summed E-state index contributed by atoms with van der Waals surface area (Å²) in [6.45, 7) is 2.03. The van der Waals surface area contributed by atoms with Gasteiger partial charge in [-0.2, -0.15) is 0 Å². The van der Waals surface area contributed by atoms with Crippen LogP contribution in [0.1, 0.15) is 12.5 Å². The van der Waals surface area contributed by atoms with Crippen molar-refractivity contribution in [2.24, 2.45) is 0 Å². The Kier molecular flexibility index (Phi) is 2.46. The third-order valence-electron chi connectivity index (χ3n) is 2.51. The van der Waals surface area contributed by atoms with Gasteiger partial charge in [-0.25, -0.2) is 0 Å². The molecule has 0 unspecified atom stereocenters. The van der Waals surface area contributed by atoms with Crippen molar-refractivity contribution < 1.29 is 4.74 Å². The predicted octanol–water partition coefficient (Wildman–Crippen LogP) is 2.10. The van der Waals surface area contributed by atoms with Crippen LogP contribution < -0.4 is 10.3 Å². The lowest BCUT2D eigenvalue weighted by atomic mass is 10.1. The van der Waals surface area contributed by atoms with Crippen LogP contribution in [0, 0.1) is 0 Å². The standard InChI is InChI=1S/C12H13NO2/c1-3-8-7-11(14)13-9-5-4-6-10(15-2)12(8)9/h4-7H,3H2,1-2H3,(H,13,14). The Morgan fingerprint density at radius 2 is 2.20 bits per heavy atom. The lowest BCUT2D eigenvalue weighted by molar-refractivity contribution is 0.419. The summed E-state index contributed by atoms with van der Waals surface area (Å²) < 4.78 is 5.29. The molecule has 0 saturated heterocycles. The van der Waals surface area contributed by atoms with Crippen LogP contribution in [0.25, 0.3) is 10.9 Å². The van der Waals surface area contributed by atoms with Crippen molar-refractivity contribution in [1.29, 1.82) is 0 Å². The first kappa shape index (κ1) is 9.77. The zero-order chi connectivity index (χ0) is 10.8. The molecule has 0 bridgehead atoms. The number of nitrogens with one attached hydrogen (secondary N) is 1. The van der Waals surface area contributed by atoms with E-state index in [4.69, 9.17) is 4.74 Å². The van der Waals surface area contributed by atoms with Gasteiger partial charge in [-0.05, 0) is 24.1 Å². The van der Waals surface area contributed by atoms with E-state index in [1.54, 1.807) is 13.2 Å². The van der Waals surface area contributed by atoms with E-state index in [0.29, 0.717) is 0 Å². The molecule has 3 nitrogen and oxygen atoms in total. The third kappa shape index (κ3) is 1.61. The van der Waals surface area contributed by atoms with Crippen LogP contribution in [0.3, 0.4) is 0 Å². The van der Waals surface area contributed by atoms with E-state index < -0.39 is 0 Å². The number of fused-ring (bicyclic) bond motifs is 1. The molecule has 0 atom stereocenters. The maximum absolute atomic E-state index is 11.4. The quantitative estimate of drug-likeness (QED) is 0.812. The molecule has 1 heterocycles. The molecule has 15 heavy (non-hydrogen) atoms. The fourth-order valence-corrected chi connectivity index (χ4v) is 1.81. The molecular weight excluding hydrogens is 190 g/mol. The molecule has 0 spiro atoms. The van der Waals surface area contributed by atoms with E-state index in [1.165, 1.54) is 0 Å². The number of hydrogen-bond acceptors (Lipinski definition) is 2. The normalized spacial score (nSPS) is 10.5. The molecule has 0 fully saturated rings. The number of methoxy groups -OCH3 is 1. The first-order valence-electron chi connectivity index (χ1n) is 4.95. The fraction of sp³-hybridized carbons (Fsp3) is 0.250. The molecular formula is C12H13NO2. The highest BCUT2D eigenvalue weighted by Gasteiger charge is 2.06. The maximum Gasteiger partial charge on any atom is 0.248 e. The van der Waals surface area contributed by atoms with Crippen LogP contribution >= 0.6 is 0 Å². The smallest absolute Gasteiger partial charge is 0.248 e. The Balaban J connectivity index is 2.90. The van der Waals surface area contributed by atoms with E-state index in [1.807, 2.05) is 25.1 Å². The van der Waals surface area contributed by atoms with Gasteiger partial charge in [0.1, 0.15) is 5.75 Å². The number of ether oxygens (including phenoxy) is 1. The summed E-state index contributed by atoms with van der Waals surface area (Å²) in [4.78, 5) is 14.2. The van der Waals surface area contributed by atoms with Crippen LogP contribution in [0.2, 0.25) is 0 Å². The highest BCUT2D eigenvalue weighted by molar-refractivity contribution is 5.88. The Bertz CT molecular complexity index is 543. The van der Waals surface area contributed by atoms with E-state index >= 15 is 0 Å². The van der Waals surface area contributed by atoms with Crippen molar-refractivity contribution in [3.8, 4) is 5.75 Å². The second-order valence-corrected chi connectivity index (χ2v) is 3.40. The topological polar surface area (TPSA) is 42.1 Å². The number of aromatic amines is 1. The van der Waals surface area contributed by atoms with Crippen molar-refractivity contribution in [3.05, 3.63) is 40.2 Å². The van der Waals surface area contributed by atoms with Gasteiger partial charge in [0.15, 0.2) is 0 Å². The van der Waals surface area contributed by atoms with Gasteiger partial charge in [0.2, 0.25) is 5.56 Å². The van der Waals surface area contributed by atoms with Gasteiger partial charge in [0.05, 0.1) is 12.6 Å². The molecule has 1 aromatic carbocycles. The Morgan fingerprint density at radius 3 is 2.87 bits per heavy atom.